The van der Waals surface area contributed by atoms with Crippen molar-refractivity contribution >= 4 is 17.6 Å². The van der Waals surface area contributed by atoms with Gasteiger partial charge in [0.25, 0.3) is 0 Å². The van der Waals surface area contributed by atoms with Gasteiger partial charge in [-0.05, 0) is 18.2 Å². The van der Waals surface area contributed by atoms with E-state index < -0.39 is 5.97 Å². The minimum Gasteiger partial charge on any atom is -0.242 e. The van der Waals surface area contributed by atoms with Gasteiger partial charge in [-0.1, -0.05) is 17.7 Å². The van der Waals surface area contributed by atoms with Gasteiger partial charge in [0, 0.05) is 5.02 Å². The van der Waals surface area contributed by atoms with Crippen LogP contribution >= 0.6 is 11.6 Å². The molecule has 0 aromatic heterocycles. The van der Waals surface area contributed by atoms with E-state index in [4.69, 9.17) is 11.6 Å². The van der Waals surface area contributed by atoms with Crippen molar-refractivity contribution in [3.63, 3.8) is 0 Å². The van der Waals surface area contributed by atoms with Gasteiger partial charge >= 0.3 is 5.97 Å². The minimum absolute atomic E-state index is 0.104. The predicted octanol–water partition coefficient (Wildman–Crippen LogP) is 1.91. The molecule has 3 heteroatoms. The second kappa shape index (κ2) is 2.71. The van der Waals surface area contributed by atoms with Crippen LogP contribution in [-0.4, -0.2) is 5.97 Å². The summed E-state index contributed by atoms with van der Waals surface area (Å²) in [5.74, 6) is -1.21. The molecule has 0 atom stereocenters. The summed E-state index contributed by atoms with van der Waals surface area (Å²) >= 11 is 5.50. The third-order valence-corrected chi connectivity index (χ3v) is 1.30. The molecular formula is C7H4ClO2. The molecule has 51 valence electrons. The molecule has 10 heavy (non-hydrogen) atoms. The first kappa shape index (κ1) is 7.09. The summed E-state index contributed by atoms with van der Waals surface area (Å²) in [7, 11) is 0. The largest absolute Gasteiger partial charge is 0.386 e. The molecule has 1 radical (unpaired) electrons. The maximum Gasteiger partial charge on any atom is 0.386 e. The number of hydrogen-bond donors (Lipinski definition) is 0. The van der Waals surface area contributed by atoms with E-state index in [2.05, 4.69) is 0 Å². The fourth-order valence-corrected chi connectivity index (χ4v) is 0.806. The van der Waals surface area contributed by atoms with Crippen molar-refractivity contribution in [1.29, 1.82) is 0 Å². The van der Waals surface area contributed by atoms with Crippen molar-refractivity contribution in [2.75, 3.05) is 0 Å². The fourth-order valence-electron chi connectivity index (χ4n) is 0.615. The number of benzene rings is 1. The van der Waals surface area contributed by atoms with Gasteiger partial charge in [-0.15, -0.1) is 0 Å². The average molecular weight is 156 g/mol. The standard InChI is InChI=1S/C7H4ClO2/c8-6-3-1-2-5(4-6)7(9)10/h1-4H. The van der Waals surface area contributed by atoms with Crippen molar-refractivity contribution in [2.45, 2.75) is 0 Å². The van der Waals surface area contributed by atoms with Crippen LogP contribution in [0.2, 0.25) is 5.02 Å². The summed E-state index contributed by atoms with van der Waals surface area (Å²) in [5, 5.41) is 10.6. The van der Waals surface area contributed by atoms with Gasteiger partial charge in [-0.3, -0.25) is 0 Å². The molecule has 0 aliphatic heterocycles. The zero-order chi connectivity index (χ0) is 7.56. The Balaban J connectivity index is 3.07. The molecule has 1 aromatic carbocycles. The molecule has 1 rings (SSSR count). The molecule has 0 heterocycles. The van der Waals surface area contributed by atoms with Gasteiger partial charge in [0.2, 0.25) is 0 Å². The first-order valence-corrected chi connectivity index (χ1v) is 3.05. The monoisotopic (exact) mass is 155 g/mol. The lowest BCUT2D eigenvalue weighted by Gasteiger charge is -1.90. The summed E-state index contributed by atoms with van der Waals surface area (Å²) in [6.45, 7) is 0. The van der Waals surface area contributed by atoms with E-state index in [0.29, 0.717) is 5.02 Å². The Labute approximate surface area is 63.1 Å². The van der Waals surface area contributed by atoms with E-state index in [1.807, 2.05) is 0 Å². The van der Waals surface area contributed by atoms with E-state index in [0.717, 1.165) is 0 Å². The van der Waals surface area contributed by atoms with E-state index in [1.165, 1.54) is 12.1 Å². The number of hydrogen-bond acceptors (Lipinski definition) is 1. The van der Waals surface area contributed by atoms with Crippen LogP contribution in [0.3, 0.4) is 0 Å². The van der Waals surface area contributed by atoms with Crippen molar-refractivity contribution in [3.8, 4) is 0 Å². The summed E-state index contributed by atoms with van der Waals surface area (Å²) in [6.07, 6.45) is 0. The second-order valence-corrected chi connectivity index (χ2v) is 2.23. The topological polar surface area (TPSA) is 37.0 Å². The van der Waals surface area contributed by atoms with Gasteiger partial charge in [-0.25, -0.2) is 9.90 Å². The molecule has 0 fully saturated rings. The summed E-state index contributed by atoms with van der Waals surface area (Å²) < 4.78 is 0. The zero-order valence-corrected chi connectivity index (χ0v) is 5.76. The van der Waals surface area contributed by atoms with Crippen LogP contribution < -0.4 is 0 Å². The molecule has 0 saturated carbocycles. The van der Waals surface area contributed by atoms with E-state index in [9.17, 15) is 9.90 Å². The Hall–Kier alpha value is -1.02. The van der Waals surface area contributed by atoms with Crippen LogP contribution in [-0.2, 0) is 5.11 Å². The maximum atomic E-state index is 10.2. The summed E-state index contributed by atoms with van der Waals surface area (Å²) in [4.78, 5) is 10.2. The predicted molar refractivity (Wildman–Crippen MR) is 36.5 cm³/mol. The van der Waals surface area contributed by atoms with Crippen LogP contribution in [0.4, 0.5) is 0 Å². The Bertz CT molecular complexity index is 258. The molecular weight excluding hydrogens is 152 g/mol. The Morgan fingerprint density at radius 1 is 1.40 bits per heavy atom. The minimum atomic E-state index is -1.21. The average Bonchev–Trinajstić information content (AvgIpc) is 1.88. The lowest BCUT2D eigenvalue weighted by molar-refractivity contribution is 0.0573. The zero-order valence-electron chi connectivity index (χ0n) is 5.00. The number of carbonyl (C=O) groups is 1. The van der Waals surface area contributed by atoms with E-state index in [1.54, 1.807) is 12.1 Å². The first-order valence-electron chi connectivity index (χ1n) is 2.67. The highest BCUT2D eigenvalue weighted by molar-refractivity contribution is 6.30. The third-order valence-electron chi connectivity index (χ3n) is 1.06. The smallest absolute Gasteiger partial charge is 0.242 e. The molecule has 0 aliphatic carbocycles. The lowest BCUT2D eigenvalue weighted by atomic mass is 10.2. The Morgan fingerprint density at radius 2 is 2.10 bits per heavy atom. The van der Waals surface area contributed by atoms with Crippen LogP contribution in [0, 0.1) is 0 Å². The van der Waals surface area contributed by atoms with Gasteiger partial charge < -0.3 is 0 Å². The molecule has 1 aromatic rings. The molecule has 0 bridgehead atoms. The third kappa shape index (κ3) is 1.48. The quantitative estimate of drug-likeness (QED) is 0.610. The summed E-state index contributed by atoms with van der Waals surface area (Å²) in [5.41, 5.74) is 0.104. The van der Waals surface area contributed by atoms with Crippen LogP contribution in [0.15, 0.2) is 24.3 Å². The highest BCUT2D eigenvalue weighted by Crippen LogP contribution is 2.09. The lowest BCUT2D eigenvalue weighted by Crippen LogP contribution is -1.92. The van der Waals surface area contributed by atoms with E-state index in [-0.39, 0.29) is 5.56 Å². The molecule has 0 spiro atoms. The number of rotatable bonds is 1. The highest BCUT2D eigenvalue weighted by atomic mass is 35.5. The Kier molecular flexibility index (Phi) is 1.92. The van der Waals surface area contributed by atoms with E-state index >= 15 is 0 Å². The number of halogens is 1. The Morgan fingerprint density at radius 3 is 2.50 bits per heavy atom. The van der Waals surface area contributed by atoms with Crippen LogP contribution in [0.25, 0.3) is 0 Å². The molecule has 2 nitrogen and oxygen atoms in total. The van der Waals surface area contributed by atoms with Gasteiger partial charge in [0.1, 0.15) is 0 Å². The summed E-state index contributed by atoms with van der Waals surface area (Å²) in [6, 6.07) is 5.94. The van der Waals surface area contributed by atoms with Crippen molar-refractivity contribution in [2.24, 2.45) is 0 Å². The van der Waals surface area contributed by atoms with Crippen LogP contribution in [0.5, 0.6) is 0 Å². The highest BCUT2D eigenvalue weighted by Gasteiger charge is 2.02. The fraction of sp³-hybridized carbons (Fsp3) is 0. The number of carbonyl (C=O) groups excluding carboxylic acids is 1. The SMILES string of the molecule is [O]C(=O)c1cccc(Cl)c1. The van der Waals surface area contributed by atoms with Crippen molar-refractivity contribution in [1.82, 2.24) is 0 Å². The molecule has 0 unspecified atom stereocenters. The van der Waals surface area contributed by atoms with Gasteiger partial charge in [0.05, 0.1) is 5.56 Å². The van der Waals surface area contributed by atoms with Gasteiger partial charge in [-0.2, -0.15) is 0 Å². The second-order valence-electron chi connectivity index (χ2n) is 1.80. The normalized spacial score (nSPS) is 9.30. The van der Waals surface area contributed by atoms with Crippen molar-refractivity contribution in [3.05, 3.63) is 34.9 Å². The molecule has 0 aliphatic rings. The maximum absolute atomic E-state index is 10.2. The first-order chi connectivity index (χ1) is 4.70. The molecule has 0 amide bonds. The van der Waals surface area contributed by atoms with Gasteiger partial charge in [0.15, 0.2) is 0 Å². The molecule has 0 saturated heterocycles. The van der Waals surface area contributed by atoms with Crippen molar-refractivity contribution < 1.29 is 9.90 Å². The van der Waals surface area contributed by atoms with Crippen LogP contribution in [0.1, 0.15) is 10.4 Å². The molecule has 0 N–H and O–H groups in total.